The number of hydrogen-bond donors (Lipinski definition) is 1. The van der Waals surface area contributed by atoms with Crippen LogP contribution < -0.4 is 5.73 Å². The molecule has 1 aliphatic rings. The Morgan fingerprint density at radius 1 is 1.53 bits per heavy atom. The lowest BCUT2D eigenvalue weighted by atomic mass is 9.92. The molecule has 4 heteroatoms. The Bertz CT molecular complexity index is 448. The lowest BCUT2D eigenvalue weighted by Crippen LogP contribution is -2.45. The molecule has 0 bridgehead atoms. The summed E-state index contributed by atoms with van der Waals surface area (Å²) in [5.74, 6) is 0.0466. The Hall–Kier alpha value is -1.42. The topological polar surface area (TPSA) is 46.3 Å². The molecule has 0 saturated carbocycles. The number of nitrogens with zero attached hydrogens (tertiary/aromatic N) is 1. The number of benzene rings is 1. The molecule has 1 aromatic carbocycles. The van der Waals surface area contributed by atoms with Gasteiger partial charge in [-0.2, -0.15) is 0 Å². The summed E-state index contributed by atoms with van der Waals surface area (Å²) < 4.78 is 13.5. The first kappa shape index (κ1) is 14.0. The van der Waals surface area contributed by atoms with Crippen molar-refractivity contribution in [2.75, 3.05) is 13.1 Å². The predicted octanol–water partition coefficient (Wildman–Crippen LogP) is 1.95. The molecule has 0 radical (unpaired) electrons. The first-order chi connectivity index (χ1) is 9.08. The van der Waals surface area contributed by atoms with Crippen molar-refractivity contribution in [3.05, 3.63) is 35.6 Å². The van der Waals surface area contributed by atoms with Gasteiger partial charge in [0, 0.05) is 19.1 Å². The highest BCUT2D eigenvalue weighted by atomic mass is 19.1. The van der Waals surface area contributed by atoms with Crippen molar-refractivity contribution in [1.29, 1.82) is 0 Å². The van der Waals surface area contributed by atoms with Gasteiger partial charge in [0.15, 0.2) is 0 Å². The van der Waals surface area contributed by atoms with Crippen LogP contribution in [0.25, 0.3) is 0 Å². The van der Waals surface area contributed by atoms with Crippen LogP contribution in [0.3, 0.4) is 0 Å². The number of likely N-dealkylation sites (tertiary alicyclic amines) is 1. The van der Waals surface area contributed by atoms with Crippen LogP contribution in [0.15, 0.2) is 24.3 Å². The zero-order valence-electron chi connectivity index (χ0n) is 11.3. The first-order valence-corrected chi connectivity index (χ1v) is 6.84. The first-order valence-electron chi connectivity index (χ1n) is 6.84. The lowest BCUT2D eigenvalue weighted by Gasteiger charge is -2.34. The van der Waals surface area contributed by atoms with Crippen LogP contribution in [-0.2, 0) is 11.2 Å². The fourth-order valence-electron chi connectivity index (χ4n) is 2.58. The van der Waals surface area contributed by atoms with Gasteiger partial charge in [-0.1, -0.05) is 18.2 Å². The summed E-state index contributed by atoms with van der Waals surface area (Å²) in [5.41, 5.74) is 6.38. The van der Waals surface area contributed by atoms with Gasteiger partial charge in [0.25, 0.3) is 0 Å². The monoisotopic (exact) mass is 264 g/mol. The normalized spacial score (nSPS) is 21.2. The number of rotatable bonds is 3. The van der Waals surface area contributed by atoms with E-state index < -0.39 is 0 Å². The van der Waals surface area contributed by atoms with Crippen LogP contribution in [0, 0.1) is 11.7 Å². The molecular formula is C15H21FN2O. The van der Waals surface area contributed by atoms with E-state index in [0.717, 1.165) is 19.4 Å². The predicted molar refractivity (Wildman–Crippen MR) is 73.1 cm³/mol. The van der Waals surface area contributed by atoms with Gasteiger partial charge in [-0.05, 0) is 37.3 Å². The van der Waals surface area contributed by atoms with E-state index in [1.54, 1.807) is 18.2 Å². The zero-order chi connectivity index (χ0) is 13.8. The van der Waals surface area contributed by atoms with E-state index in [2.05, 4.69) is 0 Å². The van der Waals surface area contributed by atoms with E-state index in [1.807, 2.05) is 11.8 Å². The van der Waals surface area contributed by atoms with Gasteiger partial charge in [-0.15, -0.1) is 0 Å². The van der Waals surface area contributed by atoms with Gasteiger partial charge in [0.2, 0.25) is 5.91 Å². The second kappa shape index (κ2) is 6.15. The number of hydrogen-bond acceptors (Lipinski definition) is 2. The SMILES string of the molecule is CC(N)C1CCCN(C(=O)Cc2ccccc2F)C1. The Kier molecular flexibility index (Phi) is 4.53. The molecule has 0 aromatic heterocycles. The van der Waals surface area contributed by atoms with Crippen molar-refractivity contribution in [3.63, 3.8) is 0 Å². The summed E-state index contributed by atoms with van der Waals surface area (Å²) in [6, 6.07) is 6.55. The maximum absolute atomic E-state index is 13.5. The van der Waals surface area contributed by atoms with Crippen LogP contribution in [-0.4, -0.2) is 29.9 Å². The standard InChI is InChI=1S/C15H21FN2O/c1-11(17)13-6-4-8-18(10-13)15(19)9-12-5-2-3-7-14(12)16/h2-3,5,7,11,13H,4,6,8-10,17H2,1H3. The number of carbonyl (C=O) groups is 1. The van der Waals surface area contributed by atoms with Crippen molar-refractivity contribution in [3.8, 4) is 0 Å². The molecule has 2 atom stereocenters. The van der Waals surface area contributed by atoms with E-state index in [9.17, 15) is 9.18 Å². The van der Waals surface area contributed by atoms with Crippen LogP contribution in [0.4, 0.5) is 4.39 Å². The molecule has 0 spiro atoms. The molecule has 1 heterocycles. The molecule has 104 valence electrons. The van der Waals surface area contributed by atoms with Crippen LogP contribution in [0.2, 0.25) is 0 Å². The van der Waals surface area contributed by atoms with Crippen molar-refractivity contribution in [2.45, 2.75) is 32.2 Å². The molecule has 19 heavy (non-hydrogen) atoms. The molecule has 2 rings (SSSR count). The third-order valence-electron chi connectivity index (χ3n) is 3.85. The van der Waals surface area contributed by atoms with E-state index in [0.29, 0.717) is 18.0 Å². The van der Waals surface area contributed by atoms with Crippen molar-refractivity contribution in [1.82, 2.24) is 4.90 Å². The average Bonchev–Trinajstić information content (AvgIpc) is 2.41. The highest BCUT2D eigenvalue weighted by molar-refractivity contribution is 5.78. The summed E-state index contributed by atoms with van der Waals surface area (Å²) >= 11 is 0. The zero-order valence-corrected chi connectivity index (χ0v) is 11.3. The summed E-state index contributed by atoms with van der Waals surface area (Å²) in [7, 11) is 0. The van der Waals surface area contributed by atoms with Gasteiger partial charge in [0.1, 0.15) is 5.82 Å². The van der Waals surface area contributed by atoms with E-state index in [1.165, 1.54) is 6.07 Å². The van der Waals surface area contributed by atoms with Crippen molar-refractivity contribution < 1.29 is 9.18 Å². The summed E-state index contributed by atoms with van der Waals surface area (Å²) in [4.78, 5) is 14.0. The molecule has 1 aliphatic heterocycles. The second-order valence-corrected chi connectivity index (χ2v) is 5.37. The van der Waals surface area contributed by atoms with Crippen molar-refractivity contribution >= 4 is 5.91 Å². The minimum atomic E-state index is -0.309. The number of carbonyl (C=O) groups excluding carboxylic acids is 1. The fraction of sp³-hybridized carbons (Fsp3) is 0.533. The largest absolute Gasteiger partial charge is 0.342 e. The van der Waals surface area contributed by atoms with Gasteiger partial charge in [-0.3, -0.25) is 4.79 Å². The molecular weight excluding hydrogens is 243 g/mol. The van der Waals surface area contributed by atoms with Gasteiger partial charge >= 0.3 is 0 Å². The van der Waals surface area contributed by atoms with Crippen molar-refractivity contribution in [2.24, 2.45) is 11.7 Å². The minimum absolute atomic E-state index is 0.00421. The van der Waals surface area contributed by atoms with Gasteiger partial charge < -0.3 is 10.6 Å². The van der Waals surface area contributed by atoms with E-state index >= 15 is 0 Å². The van der Waals surface area contributed by atoms with Crippen LogP contribution >= 0.6 is 0 Å². The quantitative estimate of drug-likeness (QED) is 0.907. The molecule has 2 unspecified atom stereocenters. The Morgan fingerprint density at radius 3 is 2.95 bits per heavy atom. The Labute approximate surface area is 113 Å². The van der Waals surface area contributed by atoms with Crippen LogP contribution in [0.1, 0.15) is 25.3 Å². The van der Waals surface area contributed by atoms with Crippen LogP contribution in [0.5, 0.6) is 0 Å². The molecule has 0 aliphatic carbocycles. The number of nitrogens with two attached hydrogens (primary N) is 1. The lowest BCUT2D eigenvalue weighted by molar-refractivity contribution is -0.132. The highest BCUT2D eigenvalue weighted by Gasteiger charge is 2.26. The Balaban J connectivity index is 1.98. The van der Waals surface area contributed by atoms with Gasteiger partial charge in [-0.25, -0.2) is 4.39 Å². The third-order valence-corrected chi connectivity index (χ3v) is 3.85. The molecule has 2 N–H and O–H groups in total. The molecule has 1 amide bonds. The number of halogens is 1. The summed E-state index contributed by atoms with van der Waals surface area (Å²) in [5, 5.41) is 0. The maximum Gasteiger partial charge on any atom is 0.227 e. The third kappa shape index (κ3) is 3.53. The second-order valence-electron chi connectivity index (χ2n) is 5.37. The smallest absolute Gasteiger partial charge is 0.227 e. The highest BCUT2D eigenvalue weighted by Crippen LogP contribution is 2.20. The molecule has 1 saturated heterocycles. The maximum atomic E-state index is 13.5. The summed E-state index contributed by atoms with van der Waals surface area (Å²) in [6.07, 6.45) is 2.19. The van der Waals surface area contributed by atoms with E-state index in [-0.39, 0.29) is 24.2 Å². The average molecular weight is 264 g/mol. The number of piperidine rings is 1. The van der Waals surface area contributed by atoms with E-state index in [4.69, 9.17) is 5.73 Å². The molecule has 3 nitrogen and oxygen atoms in total. The minimum Gasteiger partial charge on any atom is -0.342 e. The summed E-state index contributed by atoms with van der Waals surface area (Å²) in [6.45, 7) is 3.44. The molecule has 1 aromatic rings. The molecule has 1 fully saturated rings. The van der Waals surface area contributed by atoms with Gasteiger partial charge in [0.05, 0.1) is 6.42 Å². The Morgan fingerprint density at radius 2 is 2.26 bits per heavy atom. The number of amides is 1. The fourth-order valence-corrected chi connectivity index (χ4v) is 2.58.